The number of carbonyl (C=O) groups is 1. The number of hydrogen-bond acceptors (Lipinski definition) is 5. The second kappa shape index (κ2) is 5.75. The Bertz CT molecular complexity index is 668. The van der Waals surface area contributed by atoms with Crippen molar-refractivity contribution < 1.29 is 9.90 Å². The molecule has 6 nitrogen and oxygen atoms in total. The number of phenolic OH excluding ortho intramolecular Hbond substituents is 1. The number of phenols is 1. The van der Waals surface area contributed by atoms with Crippen LogP contribution in [0, 0.1) is 0 Å². The summed E-state index contributed by atoms with van der Waals surface area (Å²) in [7, 11) is 0. The predicted molar refractivity (Wildman–Crippen MR) is 77.4 cm³/mol. The Morgan fingerprint density at radius 2 is 2.20 bits per heavy atom. The van der Waals surface area contributed by atoms with Crippen LogP contribution in [-0.2, 0) is 0 Å². The van der Waals surface area contributed by atoms with E-state index in [1.54, 1.807) is 0 Å². The van der Waals surface area contributed by atoms with Crippen molar-refractivity contribution in [2.75, 3.05) is 5.32 Å². The molecule has 0 saturated carbocycles. The summed E-state index contributed by atoms with van der Waals surface area (Å²) in [4.78, 5) is 23.6. The Balaban J connectivity index is 2.38. The molecule has 0 aliphatic rings. The fourth-order valence-electron chi connectivity index (χ4n) is 1.67. The summed E-state index contributed by atoms with van der Waals surface area (Å²) >= 11 is 0. The summed E-state index contributed by atoms with van der Waals surface area (Å²) < 4.78 is 0. The van der Waals surface area contributed by atoms with E-state index in [9.17, 15) is 9.90 Å². The predicted octanol–water partition coefficient (Wildman–Crippen LogP) is 2.41. The van der Waals surface area contributed by atoms with Crippen LogP contribution in [0.25, 0.3) is 6.08 Å². The van der Waals surface area contributed by atoms with E-state index in [0.717, 1.165) is 0 Å². The molecule has 0 spiro atoms. The second-order valence-electron chi connectivity index (χ2n) is 3.84. The van der Waals surface area contributed by atoms with Gasteiger partial charge in [-0.05, 0) is 12.8 Å². The zero-order valence-electron chi connectivity index (χ0n) is 10.6. The minimum atomic E-state index is -0.455. The molecular weight excluding hydrogens is 256 g/mol. The van der Waals surface area contributed by atoms with Gasteiger partial charge < -0.3 is 10.4 Å². The molecule has 20 heavy (non-hydrogen) atoms. The topological polar surface area (TPSA) is 87.5 Å². The third-order valence-corrected chi connectivity index (χ3v) is 2.55. The quantitative estimate of drug-likeness (QED) is 0.833. The van der Waals surface area contributed by atoms with Crippen molar-refractivity contribution in [1.29, 1.82) is 0 Å². The Labute approximate surface area is 115 Å². The lowest BCUT2D eigenvalue weighted by molar-refractivity contribution is 0.102. The monoisotopic (exact) mass is 268 g/mol. The van der Waals surface area contributed by atoms with Crippen LogP contribution >= 0.6 is 0 Å². The van der Waals surface area contributed by atoms with Gasteiger partial charge in [0.1, 0.15) is 11.4 Å². The molecular formula is C14H12N4O2. The lowest BCUT2D eigenvalue weighted by atomic mass is 10.1. The van der Waals surface area contributed by atoms with E-state index in [1.165, 1.54) is 36.8 Å². The first kappa shape index (κ1) is 13.4. The van der Waals surface area contributed by atoms with Crippen LogP contribution in [-0.4, -0.2) is 27.7 Å². The maximum absolute atomic E-state index is 12.0. The summed E-state index contributed by atoms with van der Waals surface area (Å²) in [5, 5.41) is 12.2. The van der Waals surface area contributed by atoms with Gasteiger partial charge >= 0.3 is 0 Å². The molecule has 100 valence electrons. The summed E-state index contributed by atoms with van der Waals surface area (Å²) in [5.41, 5.74) is 1.47. The highest BCUT2D eigenvalue weighted by Crippen LogP contribution is 2.34. The van der Waals surface area contributed by atoms with E-state index >= 15 is 0 Å². The highest BCUT2D eigenvalue weighted by Gasteiger charge is 2.13. The lowest BCUT2D eigenvalue weighted by Crippen LogP contribution is -2.14. The summed E-state index contributed by atoms with van der Waals surface area (Å²) in [5.74, 6) is -0.467. The largest absolute Gasteiger partial charge is 0.508 e. The Morgan fingerprint density at radius 3 is 2.80 bits per heavy atom. The lowest BCUT2D eigenvalue weighted by Gasteiger charge is -2.10. The maximum atomic E-state index is 12.0. The highest BCUT2D eigenvalue weighted by atomic mass is 16.3. The van der Waals surface area contributed by atoms with Crippen LogP contribution in [0.1, 0.15) is 16.1 Å². The highest BCUT2D eigenvalue weighted by molar-refractivity contribution is 6.05. The molecule has 0 aliphatic carbocycles. The molecule has 1 heterocycles. The minimum Gasteiger partial charge on any atom is -0.508 e. The van der Waals surface area contributed by atoms with Gasteiger partial charge in [0.15, 0.2) is 0 Å². The van der Waals surface area contributed by atoms with E-state index in [-0.39, 0.29) is 11.4 Å². The number of hydrogen-bond donors (Lipinski definition) is 2. The van der Waals surface area contributed by atoms with Gasteiger partial charge in [-0.25, -0.2) is 4.98 Å². The average molecular weight is 268 g/mol. The van der Waals surface area contributed by atoms with Gasteiger partial charge in [0, 0.05) is 24.0 Å². The van der Waals surface area contributed by atoms with E-state index < -0.39 is 5.91 Å². The summed E-state index contributed by atoms with van der Waals surface area (Å²) in [6.07, 6.45) is 5.74. The van der Waals surface area contributed by atoms with Crippen molar-refractivity contribution >= 4 is 30.1 Å². The molecule has 1 aromatic heterocycles. The van der Waals surface area contributed by atoms with Gasteiger partial charge in [0.05, 0.1) is 17.6 Å². The number of carbonyl (C=O) groups excluding carboxylic acids is 1. The smallest absolute Gasteiger partial charge is 0.275 e. The minimum absolute atomic E-state index is 0.0123. The molecule has 0 fully saturated rings. The molecule has 2 rings (SSSR count). The zero-order chi connectivity index (χ0) is 14.5. The molecule has 0 unspecified atom stereocenters. The fraction of sp³-hybridized carbons (Fsp3) is 0. The van der Waals surface area contributed by atoms with Crippen molar-refractivity contribution in [3.05, 3.63) is 48.6 Å². The molecule has 0 atom stereocenters. The van der Waals surface area contributed by atoms with Crippen LogP contribution in [0.2, 0.25) is 0 Å². The molecule has 0 radical (unpaired) electrons. The number of aliphatic imine (C=N–C) groups is 1. The van der Waals surface area contributed by atoms with Crippen LogP contribution in [0.3, 0.4) is 0 Å². The number of benzene rings is 1. The number of anilines is 1. The molecule has 0 bridgehead atoms. The summed E-state index contributed by atoms with van der Waals surface area (Å²) in [6, 6.07) is 2.86. The van der Waals surface area contributed by atoms with E-state index in [0.29, 0.717) is 16.9 Å². The van der Waals surface area contributed by atoms with E-state index in [1.807, 2.05) is 0 Å². The maximum Gasteiger partial charge on any atom is 0.275 e. The molecule has 2 N–H and O–H groups in total. The molecule has 1 aromatic carbocycles. The van der Waals surface area contributed by atoms with Crippen molar-refractivity contribution in [3.63, 3.8) is 0 Å². The van der Waals surface area contributed by atoms with Gasteiger partial charge in [-0.1, -0.05) is 12.7 Å². The summed E-state index contributed by atoms with van der Waals surface area (Å²) in [6.45, 7) is 7.08. The van der Waals surface area contributed by atoms with Gasteiger partial charge in [-0.15, -0.1) is 0 Å². The second-order valence-corrected chi connectivity index (χ2v) is 3.84. The first-order chi connectivity index (χ1) is 9.65. The van der Waals surface area contributed by atoms with Gasteiger partial charge in [-0.2, -0.15) is 0 Å². The first-order valence-corrected chi connectivity index (χ1v) is 5.69. The van der Waals surface area contributed by atoms with Crippen LogP contribution in [0.4, 0.5) is 11.4 Å². The number of nitrogens with zero attached hydrogens (tertiary/aromatic N) is 3. The first-order valence-electron chi connectivity index (χ1n) is 5.69. The van der Waals surface area contributed by atoms with E-state index in [4.69, 9.17) is 0 Å². The van der Waals surface area contributed by atoms with Gasteiger partial charge in [0.2, 0.25) is 0 Å². The van der Waals surface area contributed by atoms with Crippen molar-refractivity contribution in [2.24, 2.45) is 4.99 Å². The molecule has 0 aliphatic heterocycles. The SMILES string of the molecule is C=Cc1cc(O)cc(NC(=O)c2cnccn2)c1N=C. The molecule has 0 saturated heterocycles. The molecule has 2 aromatic rings. The van der Waals surface area contributed by atoms with Crippen molar-refractivity contribution in [1.82, 2.24) is 9.97 Å². The zero-order valence-corrected chi connectivity index (χ0v) is 10.6. The fourth-order valence-corrected chi connectivity index (χ4v) is 1.67. The number of aromatic hydroxyl groups is 1. The van der Waals surface area contributed by atoms with Crippen molar-refractivity contribution in [3.8, 4) is 5.75 Å². The standard InChI is InChI=1S/C14H12N4O2/c1-3-9-6-10(19)7-11(13(9)15-2)18-14(20)12-8-16-4-5-17-12/h3-8,19H,1-2H2,(H,18,20). The number of aromatic nitrogens is 2. The Hall–Kier alpha value is -3.02. The normalized spacial score (nSPS) is 9.80. The van der Waals surface area contributed by atoms with Crippen LogP contribution in [0.15, 0.2) is 42.3 Å². The van der Waals surface area contributed by atoms with Crippen LogP contribution in [0.5, 0.6) is 5.75 Å². The van der Waals surface area contributed by atoms with Gasteiger partial charge in [0.25, 0.3) is 5.91 Å². The van der Waals surface area contributed by atoms with Crippen LogP contribution < -0.4 is 5.32 Å². The molecule has 6 heteroatoms. The van der Waals surface area contributed by atoms with Crippen molar-refractivity contribution in [2.45, 2.75) is 0 Å². The Kier molecular flexibility index (Phi) is 3.85. The third kappa shape index (κ3) is 2.69. The number of amides is 1. The third-order valence-electron chi connectivity index (χ3n) is 2.55. The Morgan fingerprint density at radius 1 is 1.40 bits per heavy atom. The van der Waals surface area contributed by atoms with E-state index in [2.05, 4.69) is 33.6 Å². The number of rotatable bonds is 4. The number of nitrogens with one attached hydrogen (secondary N) is 1. The average Bonchev–Trinajstić information content (AvgIpc) is 2.47. The molecule has 1 amide bonds. The van der Waals surface area contributed by atoms with Gasteiger partial charge in [-0.3, -0.25) is 14.8 Å².